The Morgan fingerprint density at radius 3 is 2.26 bits per heavy atom. The smallest absolute Gasteiger partial charge is 0.258 e. The maximum atomic E-state index is 12.4. The Morgan fingerprint density at radius 2 is 1.65 bits per heavy atom. The van der Waals surface area contributed by atoms with Gasteiger partial charge in [-0.25, -0.2) is 0 Å². The van der Waals surface area contributed by atoms with Gasteiger partial charge in [-0.15, -0.1) is 0 Å². The van der Waals surface area contributed by atoms with E-state index < -0.39 is 5.41 Å². The van der Waals surface area contributed by atoms with Gasteiger partial charge in [0.25, 0.3) is 5.91 Å². The third-order valence-electron chi connectivity index (χ3n) is 3.99. The molecule has 0 aliphatic heterocycles. The number of nitrogens with zero attached hydrogens (tertiary/aromatic N) is 1. The van der Waals surface area contributed by atoms with E-state index in [0.29, 0.717) is 0 Å². The van der Waals surface area contributed by atoms with Crippen molar-refractivity contribution in [2.45, 2.75) is 18.3 Å². The molecule has 2 aromatic carbocycles. The van der Waals surface area contributed by atoms with Gasteiger partial charge in [0, 0.05) is 11.9 Å². The molecule has 2 aromatic rings. The first kappa shape index (κ1) is 15.0. The summed E-state index contributed by atoms with van der Waals surface area (Å²) in [6.07, 6.45) is 4.95. The van der Waals surface area contributed by atoms with Crippen LogP contribution in [0, 0.1) is 0 Å². The fourth-order valence-corrected chi connectivity index (χ4v) is 2.53. The maximum absolute atomic E-state index is 12.4. The van der Waals surface area contributed by atoms with Crippen molar-refractivity contribution in [3.63, 3.8) is 0 Å². The summed E-state index contributed by atoms with van der Waals surface area (Å²) in [6, 6.07) is 19.5. The molecule has 0 heterocycles. The average Bonchev–Trinajstić information content (AvgIpc) is 3.38. The Morgan fingerprint density at radius 1 is 1.04 bits per heavy atom. The fraction of sp³-hybridized carbons (Fsp3) is 0.158. The highest BCUT2D eigenvalue weighted by Gasteiger charge is 2.51. The highest BCUT2D eigenvalue weighted by Crippen LogP contribution is 2.49. The summed E-state index contributed by atoms with van der Waals surface area (Å²) in [7, 11) is 0. The lowest BCUT2D eigenvalue weighted by Crippen LogP contribution is -2.22. The second-order valence-electron chi connectivity index (χ2n) is 5.63. The Balaban J connectivity index is 1.65. The molecule has 3 N–H and O–H groups in total. The summed E-state index contributed by atoms with van der Waals surface area (Å²) >= 11 is 0. The molecule has 4 nitrogen and oxygen atoms in total. The third-order valence-corrected chi connectivity index (χ3v) is 3.99. The van der Waals surface area contributed by atoms with E-state index >= 15 is 0 Å². The molecule has 4 heteroatoms. The molecule has 1 fully saturated rings. The van der Waals surface area contributed by atoms with Crippen molar-refractivity contribution in [3.05, 3.63) is 78.5 Å². The molecule has 1 saturated carbocycles. The quantitative estimate of drug-likeness (QED) is 0.658. The van der Waals surface area contributed by atoms with E-state index in [4.69, 9.17) is 5.73 Å². The molecular weight excluding hydrogens is 286 g/mol. The van der Waals surface area contributed by atoms with Crippen molar-refractivity contribution >= 4 is 17.4 Å². The predicted molar refractivity (Wildman–Crippen MR) is 93.2 cm³/mol. The summed E-state index contributed by atoms with van der Waals surface area (Å²) in [5.74, 6) is 0.0474. The molecule has 0 bridgehead atoms. The van der Waals surface area contributed by atoms with Gasteiger partial charge in [-0.2, -0.15) is 4.99 Å². The molecule has 1 aliphatic rings. The summed E-state index contributed by atoms with van der Waals surface area (Å²) in [4.78, 5) is 16.5. The number of hydrogen-bond donors (Lipinski definition) is 2. The number of para-hydroxylation sites is 1. The van der Waals surface area contributed by atoms with E-state index in [0.717, 1.165) is 24.1 Å². The van der Waals surface area contributed by atoms with Crippen LogP contribution in [0.2, 0.25) is 0 Å². The molecule has 1 aliphatic carbocycles. The van der Waals surface area contributed by atoms with Crippen LogP contribution >= 0.6 is 0 Å². The Kier molecular flexibility index (Phi) is 4.24. The Bertz CT molecular complexity index is 732. The molecule has 0 saturated heterocycles. The normalized spacial score (nSPS) is 16.3. The van der Waals surface area contributed by atoms with Crippen molar-refractivity contribution in [1.29, 1.82) is 0 Å². The second-order valence-corrected chi connectivity index (χ2v) is 5.63. The van der Waals surface area contributed by atoms with Gasteiger partial charge in [0.05, 0.1) is 5.41 Å². The molecule has 116 valence electrons. The van der Waals surface area contributed by atoms with Gasteiger partial charge in [0.1, 0.15) is 5.84 Å². The van der Waals surface area contributed by atoms with Crippen molar-refractivity contribution in [3.8, 4) is 0 Å². The van der Waals surface area contributed by atoms with Crippen molar-refractivity contribution in [2.24, 2.45) is 10.7 Å². The molecule has 0 spiro atoms. The summed E-state index contributed by atoms with van der Waals surface area (Å²) in [5, 5.41) is 3.08. The molecule has 0 unspecified atom stereocenters. The van der Waals surface area contributed by atoms with Crippen LogP contribution in [0.15, 0.2) is 77.9 Å². The number of nitrogens with two attached hydrogens (primary N) is 1. The lowest BCUT2D eigenvalue weighted by atomic mass is 9.95. The van der Waals surface area contributed by atoms with E-state index in [-0.39, 0.29) is 11.7 Å². The zero-order valence-electron chi connectivity index (χ0n) is 12.8. The van der Waals surface area contributed by atoms with Crippen molar-refractivity contribution < 1.29 is 4.79 Å². The maximum Gasteiger partial charge on any atom is 0.258 e. The first-order chi connectivity index (χ1) is 11.2. The SMILES string of the molecule is NC(/C=C\Nc1ccccc1)=NC(=O)C1(c2ccccc2)CC1. The van der Waals surface area contributed by atoms with Crippen molar-refractivity contribution in [2.75, 3.05) is 5.32 Å². The number of carbonyl (C=O) groups is 1. The number of hydrogen-bond acceptors (Lipinski definition) is 2. The van der Waals surface area contributed by atoms with Crippen LogP contribution < -0.4 is 11.1 Å². The highest BCUT2D eigenvalue weighted by atomic mass is 16.1. The predicted octanol–water partition coefficient (Wildman–Crippen LogP) is 3.23. The number of aliphatic imine (C=N–C) groups is 1. The molecule has 3 rings (SSSR count). The second kappa shape index (κ2) is 6.48. The fourth-order valence-electron chi connectivity index (χ4n) is 2.53. The third kappa shape index (κ3) is 3.48. The Labute approximate surface area is 135 Å². The summed E-state index contributed by atoms with van der Waals surface area (Å²) < 4.78 is 0. The molecule has 23 heavy (non-hydrogen) atoms. The minimum Gasteiger partial charge on any atom is -0.384 e. The number of amides is 1. The van der Waals surface area contributed by atoms with Crippen LogP contribution in [-0.2, 0) is 10.2 Å². The molecule has 0 aromatic heterocycles. The van der Waals surface area contributed by atoms with Gasteiger partial charge in [-0.3, -0.25) is 4.79 Å². The van der Waals surface area contributed by atoms with Crippen LogP contribution in [0.1, 0.15) is 18.4 Å². The van der Waals surface area contributed by atoms with Gasteiger partial charge < -0.3 is 11.1 Å². The van der Waals surface area contributed by atoms with E-state index in [1.54, 1.807) is 12.3 Å². The van der Waals surface area contributed by atoms with Crippen LogP contribution in [-0.4, -0.2) is 11.7 Å². The number of carbonyl (C=O) groups excluding carboxylic acids is 1. The summed E-state index contributed by atoms with van der Waals surface area (Å²) in [5.41, 5.74) is 7.35. The molecule has 0 radical (unpaired) electrons. The van der Waals surface area contributed by atoms with Gasteiger partial charge in [-0.1, -0.05) is 48.5 Å². The van der Waals surface area contributed by atoms with Crippen LogP contribution in [0.3, 0.4) is 0 Å². The monoisotopic (exact) mass is 305 g/mol. The minimum atomic E-state index is -0.466. The molecular formula is C19H19N3O. The standard InChI is InChI=1S/C19H19N3O/c20-17(11-14-21-16-9-5-2-6-10-16)22-18(23)19(12-13-19)15-7-3-1-4-8-15/h1-11,14,21H,12-13H2,(H2,20,22,23)/b14-11-. The number of amidine groups is 1. The van der Waals surface area contributed by atoms with E-state index in [2.05, 4.69) is 10.3 Å². The van der Waals surface area contributed by atoms with Crippen LogP contribution in [0.5, 0.6) is 0 Å². The van der Waals surface area contributed by atoms with Gasteiger partial charge in [-0.05, 0) is 36.6 Å². The van der Waals surface area contributed by atoms with E-state index in [9.17, 15) is 4.79 Å². The van der Waals surface area contributed by atoms with Crippen LogP contribution in [0.25, 0.3) is 0 Å². The number of rotatable bonds is 5. The highest BCUT2D eigenvalue weighted by molar-refractivity contribution is 6.04. The largest absolute Gasteiger partial charge is 0.384 e. The van der Waals surface area contributed by atoms with Gasteiger partial charge in [0.2, 0.25) is 0 Å². The van der Waals surface area contributed by atoms with E-state index in [1.165, 1.54) is 0 Å². The first-order valence-electron chi connectivity index (χ1n) is 7.63. The van der Waals surface area contributed by atoms with Gasteiger partial charge in [0.15, 0.2) is 0 Å². The number of nitrogens with one attached hydrogen (secondary N) is 1. The number of anilines is 1. The average molecular weight is 305 g/mol. The summed E-state index contributed by atoms with van der Waals surface area (Å²) in [6.45, 7) is 0. The number of benzene rings is 2. The first-order valence-corrected chi connectivity index (χ1v) is 7.63. The zero-order chi connectivity index (χ0) is 16.1. The molecule has 0 atom stereocenters. The lowest BCUT2D eigenvalue weighted by molar-refractivity contribution is -0.120. The lowest BCUT2D eigenvalue weighted by Gasteiger charge is -2.11. The molecule has 1 amide bonds. The van der Waals surface area contributed by atoms with E-state index in [1.807, 2.05) is 60.7 Å². The zero-order valence-corrected chi connectivity index (χ0v) is 12.8. The van der Waals surface area contributed by atoms with Gasteiger partial charge >= 0.3 is 0 Å². The van der Waals surface area contributed by atoms with Crippen LogP contribution in [0.4, 0.5) is 5.69 Å². The topological polar surface area (TPSA) is 67.5 Å². The Hall–Kier alpha value is -2.88. The van der Waals surface area contributed by atoms with Crippen molar-refractivity contribution in [1.82, 2.24) is 0 Å². The minimum absolute atomic E-state index is 0.162.